The molecule has 0 radical (unpaired) electrons. The van der Waals surface area contributed by atoms with Crippen LogP contribution >= 0.6 is 11.6 Å². The standard InChI is InChI=1S/C5H7ClN2/c1-3-4(2)8-5(6)7/h3H,1-2H2,(H2,7,8). The fraction of sp³-hybridized carbons (Fsp3) is 0. The summed E-state index contributed by atoms with van der Waals surface area (Å²) in [4.78, 5) is 3.54. The molecular weight excluding hydrogens is 124 g/mol. The van der Waals surface area contributed by atoms with E-state index in [1.54, 1.807) is 0 Å². The largest absolute Gasteiger partial charge is 0.374 e. The maximum atomic E-state index is 5.17. The second-order valence-electron chi connectivity index (χ2n) is 1.13. The average Bonchev–Trinajstić information content (AvgIpc) is 1.65. The van der Waals surface area contributed by atoms with Crippen molar-refractivity contribution in [2.24, 2.45) is 10.7 Å². The first-order chi connectivity index (χ1) is 3.66. The van der Waals surface area contributed by atoms with Gasteiger partial charge >= 0.3 is 0 Å². The van der Waals surface area contributed by atoms with Crippen LogP contribution < -0.4 is 5.73 Å². The van der Waals surface area contributed by atoms with Crippen LogP contribution in [0, 0.1) is 0 Å². The molecule has 2 nitrogen and oxygen atoms in total. The molecule has 0 heterocycles. The summed E-state index contributed by atoms with van der Waals surface area (Å²) in [5, 5.41) is -0.0186. The maximum absolute atomic E-state index is 5.17. The van der Waals surface area contributed by atoms with Gasteiger partial charge in [-0.3, -0.25) is 0 Å². The van der Waals surface area contributed by atoms with E-state index in [2.05, 4.69) is 18.2 Å². The highest BCUT2D eigenvalue weighted by Gasteiger charge is 1.80. The molecule has 0 rings (SSSR count). The van der Waals surface area contributed by atoms with Crippen LogP contribution in [0.25, 0.3) is 0 Å². The van der Waals surface area contributed by atoms with E-state index in [1.807, 2.05) is 0 Å². The van der Waals surface area contributed by atoms with Crippen molar-refractivity contribution in [1.29, 1.82) is 0 Å². The van der Waals surface area contributed by atoms with Crippen molar-refractivity contribution in [2.45, 2.75) is 0 Å². The molecular formula is C5H7ClN2. The molecule has 0 atom stereocenters. The van der Waals surface area contributed by atoms with Crippen LogP contribution in [0.5, 0.6) is 0 Å². The molecule has 0 amide bonds. The van der Waals surface area contributed by atoms with Crippen molar-refractivity contribution in [3.05, 3.63) is 24.9 Å². The molecule has 0 aliphatic heterocycles. The van der Waals surface area contributed by atoms with Crippen LogP contribution in [-0.4, -0.2) is 5.29 Å². The number of rotatable bonds is 2. The lowest BCUT2D eigenvalue weighted by Crippen LogP contribution is -2.00. The summed E-state index contributed by atoms with van der Waals surface area (Å²) in [6, 6.07) is 0. The predicted octanol–water partition coefficient (Wildman–Crippen LogP) is 1.24. The quantitative estimate of drug-likeness (QED) is 0.260. The third-order valence-corrected chi connectivity index (χ3v) is 0.571. The summed E-state index contributed by atoms with van der Waals surface area (Å²) < 4.78 is 0. The molecule has 0 spiro atoms. The Morgan fingerprint density at radius 1 is 1.75 bits per heavy atom. The van der Waals surface area contributed by atoms with Crippen LogP contribution in [0.15, 0.2) is 29.9 Å². The summed E-state index contributed by atoms with van der Waals surface area (Å²) in [6.07, 6.45) is 1.47. The van der Waals surface area contributed by atoms with Gasteiger partial charge in [-0.15, -0.1) is 0 Å². The van der Waals surface area contributed by atoms with Crippen LogP contribution in [0.3, 0.4) is 0 Å². The highest BCUT2D eigenvalue weighted by molar-refractivity contribution is 6.64. The minimum Gasteiger partial charge on any atom is -0.374 e. The lowest BCUT2D eigenvalue weighted by Gasteiger charge is -1.85. The fourth-order valence-corrected chi connectivity index (χ4v) is 0.291. The molecule has 0 saturated heterocycles. The van der Waals surface area contributed by atoms with Crippen molar-refractivity contribution in [3.63, 3.8) is 0 Å². The van der Waals surface area contributed by atoms with Crippen molar-refractivity contribution in [3.8, 4) is 0 Å². The van der Waals surface area contributed by atoms with Gasteiger partial charge < -0.3 is 5.73 Å². The molecule has 0 aromatic heterocycles. The Balaban J connectivity index is 3.89. The Morgan fingerprint density at radius 2 is 2.25 bits per heavy atom. The number of halogens is 1. The molecule has 0 aliphatic carbocycles. The van der Waals surface area contributed by atoms with Gasteiger partial charge in [-0.1, -0.05) is 13.2 Å². The second kappa shape index (κ2) is 3.27. The van der Waals surface area contributed by atoms with Gasteiger partial charge in [0, 0.05) is 0 Å². The van der Waals surface area contributed by atoms with Crippen LogP contribution in [0.1, 0.15) is 0 Å². The van der Waals surface area contributed by atoms with E-state index in [0.717, 1.165) is 0 Å². The third-order valence-electron chi connectivity index (χ3n) is 0.486. The summed E-state index contributed by atoms with van der Waals surface area (Å²) in [5.74, 6) is 0. The van der Waals surface area contributed by atoms with Crippen molar-refractivity contribution in [1.82, 2.24) is 0 Å². The van der Waals surface area contributed by atoms with E-state index in [1.165, 1.54) is 6.08 Å². The first-order valence-electron chi connectivity index (χ1n) is 1.98. The highest BCUT2D eigenvalue weighted by Crippen LogP contribution is 1.92. The zero-order chi connectivity index (χ0) is 6.57. The van der Waals surface area contributed by atoms with Crippen LogP contribution in [0.4, 0.5) is 0 Å². The number of hydrogen-bond acceptors (Lipinski definition) is 1. The molecule has 44 valence electrons. The minimum absolute atomic E-state index is 0.0186. The van der Waals surface area contributed by atoms with Gasteiger partial charge in [-0.2, -0.15) is 0 Å². The van der Waals surface area contributed by atoms with Gasteiger partial charge in [-0.05, 0) is 17.7 Å². The van der Waals surface area contributed by atoms with E-state index < -0.39 is 0 Å². The smallest absolute Gasteiger partial charge is 0.193 e. The number of hydrogen-bond donors (Lipinski definition) is 1. The lowest BCUT2D eigenvalue weighted by atomic mass is 10.5. The van der Waals surface area contributed by atoms with Crippen molar-refractivity contribution < 1.29 is 0 Å². The van der Waals surface area contributed by atoms with Gasteiger partial charge in [0.1, 0.15) is 0 Å². The summed E-state index contributed by atoms with van der Waals surface area (Å²) in [7, 11) is 0. The molecule has 3 heteroatoms. The van der Waals surface area contributed by atoms with Crippen LogP contribution in [-0.2, 0) is 0 Å². The van der Waals surface area contributed by atoms with Gasteiger partial charge in [0.05, 0.1) is 5.70 Å². The summed E-state index contributed by atoms with van der Waals surface area (Å²) in [5.41, 5.74) is 5.45. The molecule has 0 fully saturated rings. The molecule has 0 aromatic carbocycles. The minimum atomic E-state index is -0.0186. The maximum Gasteiger partial charge on any atom is 0.193 e. The van der Waals surface area contributed by atoms with Gasteiger partial charge in [0.2, 0.25) is 0 Å². The fourth-order valence-electron chi connectivity index (χ4n) is 0.183. The van der Waals surface area contributed by atoms with Crippen LogP contribution in [0.2, 0.25) is 0 Å². The number of nitrogens with zero attached hydrogens (tertiary/aromatic N) is 1. The molecule has 0 bridgehead atoms. The second-order valence-corrected chi connectivity index (χ2v) is 1.52. The Bertz CT molecular complexity index is 133. The predicted molar refractivity (Wildman–Crippen MR) is 36.8 cm³/mol. The average molecular weight is 131 g/mol. The zero-order valence-corrected chi connectivity index (χ0v) is 5.15. The Labute approximate surface area is 53.4 Å². The molecule has 0 aliphatic rings. The third kappa shape index (κ3) is 3.43. The first-order valence-corrected chi connectivity index (χ1v) is 2.35. The SMILES string of the molecule is C=CC(=C)N=C(N)Cl. The Kier molecular flexibility index (Phi) is 2.96. The van der Waals surface area contributed by atoms with Gasteiger partial charge in [0.25, 0.3) is 0 Å². The molecule has 0 unspecified atom stereocenters. The number of nitrogens with two attached hydrogens (primary N) is 1. The molecule has 8 heavy (non-hydrogen) atoms. The van der Waals surface area contributed by atoms with E-state index in [9.17, 15) is 0 Å². The van der Waals surface area contributed by atoms with E-state index in [0.29, 0.717) is 5.70 Å². The summed E-state index contributed by atoms with van der Waals surface area (Å²) >= 11 is 5.17. The van der Waals surface area contributed by atoms with Gasteiger partial charge in [-0.25, -0.2) is 4.99 Å². The first kappa shape index (κ1) is 7.24. The molecule has 0 aromatic rings. The van der Waals surface area contributed by atoms with Crippen molar-refractivity contribution in [2.75, 3.05) is 0 Å². The monoisotopic (exact) mass is 130 g/mol. The van der Waals surface area contributed by atoms with E-state index in [-0.39, 0.29) is 5.29 Å². The van der Waals surface area contributed by atoms with E-state index in [4.69, 9.17) is 17.3 Å². The number of allylic oxidation sites excluding steroid dienone is 1. The Hall–Kier alpha value is -0.760. The van der Waals surface area contributed by atoms with E-state index >= 15 is 0 Å². The molecule has 2 N–H and O–H groups in total. The normalized spacial score (nSPS) is 10.9. The number of amidine groups is 1. The lowest BCUT2D eigenvalue weighted by molar-refractivity contribution is 1.43. The Morgan fingerprint density at radius 3 is 2.38 bits per heavy atom. The van der Waals surface area contributed by atoms with Crippen molar-refractivity contribution >= 4 is 16.9 Å². The molecule has 0 saturated carbocycles. The zero-order valence-electron chi connectivity index (χ0n) is 4.39. The topological polar surface area (TPSA) is 38.4 Å². The van der Waals surface area contributed by atoms with Gasteiger partial charge in [0.15, 0.2) is 5.29 Å². The number of aliphatic imine (C=N–C) groups is 1. The summed E-state index contributed by atoms with van der Waals surface area (Å²) in [6.45, 7) is 6.84. The highest BCUT2D eigenvalue weighted by atomic mass is 35.5.